The Bertz CT molecular complexity index is 674. The van der Waals surface area contributed by atoms with Gasteiger partial charge in [0.1, 0.15) is 0 Å². The Hall–Kier alpha value is -1.58. The van der Waals surface area contributed by atoms with E-state index in [2.05, 4.69) is 15.6 Å². The molecule has 0 aliphatic carbocycles. The fourth-order valence-corrected chi connectivity index (χ4v) is 3.09. The normalized spacial score (nSPS) is 17.0. The van der Waals surface area contributed by atoms with Gasteiger partial charge in [-0.25, -0.2) is 0 Å². The number of hydrogen-bond donors (Lipinski definition) is 2. The second kappa shape index (κ2) is 12.0. The molecule has 0 aromatic carbocycles. The maximum Gasteiger partial charge on any atom is 0.250 e. The van der Waals surface area contributed by atoms with Crippen molar-refractivity contribution in [3.05, 3.63) is 34.7 Å². The van der Waals surface area contributed by atoms with Gasteiger partial charge in [0, 0.05) is 57.4 Å². The van der Waals surface area contributed by atoms with Crippen LogP contribution in [-0.2, 0) is 11.3 Å². The summed E-state index contributed by atoms with van der Waals surface area (Å²) in [7, 11) is 1.75. The molecular weight excluding hydrogens is 457 g/mol. The van der Waals surface area contributed by atoms with E-state index in [0.717, 1.165) is 51.4 Å². The van der Waals surface area contributed by atoms with Crippen molar-refractivity contribution < 1.29 is 4.79 Å². The molecule has 0 saturated carbocycles. The van der Waals surface area contributed by atoms with Gasteiger partial charge in [0.25, 0.3) is 0 Å². The summed E-state index contributed by atoms with van der Waals surface area (Å²) >= 11 is 0. The number of likely N-dealkylation sites (tertiary alicyclic amines) is 1. The van der Waals surface area contributed by atoms with Gasteiger partial charge < -0.3 is 20.1 Å². The van der Waals surface area contributed by atoms with Gasteiger partial charge in [-0.15, -0.1) is 24.0 Å². The van der Waals surface area contributed by atoms with Crippen LogP contribution in [0.4, 0.5) is 0 Å². The number of nitrogens with one attached hydrogen (secondary N) is 2. The first kappa shape index (κ1) is 23.5. The fourth-order valence-electron chi connectivity index (χ4n) is 3.09. The summed E-state index contributed by atoms with van der Waals surface area (Å²) in [4.78, 5) is 29.9. The van der Waals surface area contributed by atoms with E-state index >= 15 is 0 Å². The molecule has 1 amide bonds. The monoisotopic (exact) mass is 489 g/mol. The SMILES string of the molecule is CN=C(NCCCCn1ccccc1=O)NC1CCN(C(=O)C(C)C)C1.I. The summed E-state index contributed by atoms with van der Waals surface area (Å²) in [6.45, 7) is 6.93. The third-order valence-corrected chi connectivity index (χ3v) is 4.58. The number of halogens is 1. The minimum absolute atomic E-state index is 0. The first-order valence-electron chi connectivity index (χ1n) is 9.42. The molecule has 2 heterocycles. The van der Waals surface area contributed by atoms with E-state index in [1.54, 1.807) is 23.7 Å². The van der Waals surface area contributed by atoms with Gasteiger partial charge in [-0.2, -0.15) is 0 Å². The highest BCUT2D eigenvalue weighted by Crippen LogP contribution is 2.12. The molecule has 1 aliphatic rings. The minimum atomic E-state index is 0. The lowest BCUT2D eigenvalue weighted by Gasteiger charge is -2.20. The van der Waals surface area contributed by atoms with Crippen molar-refractivity contribution in [2.75, 3.05) is 26.7 Å². The first-order chi connectivity index (χ1) is 12.5. The second-order valence-electron chi connectivity index (χ2n) is 7.01. The maximum atomic E-state index is 12.1. The van der Waals surface area contributed by atoms with Crippen LogP contribution in [0.2, 0.25) is 0 Å². The molecule has 7 nitrogen and oxygen atoms in total. The number of guanidine groups is 1. The molecule has 2 rings (SSSR count). The average molecular weight is 489 g/mol. The third-order valence-electron chi connectivity index (χ3n) is 4.58. The third kappa shape index (κ3) is 7.51. The lowest BCUT2D eigenvalue weighted by atomic mass is 10.2. The van der Waals surface area contributed by atoms with E-state index in [0.29, 0.717) is 0 Å². The van der Waals surface area contributed by atoms with Crippen LogP contribution in [-0.4, -0.2) is 54.1 Å². The zero-order valence-corrected chi connectivity index (χ0v) is 18.8. The molecule has 1 aromatic heterocycles. The van der Waals surface area contributed by atoms with Crippen molar-refractivity contribution >= 4 is 35.8 Å². The lowest BCUT2D eigenvalue weighted by molar-refractivity contribution is -0.133. The van der Waals surface area contributed by atoms with Gasteiger partial charge in [0.2, 0.25) is 11.5 Å². The Labute approximate surface area is 178 Å². The van der Waals surface area contributed by atoms with Crippen LogP contribution in [0.3, 0.4) is 0 Å². The van der Waals surface area contributed by atoms with Gasteiger partial charge >= 0.3 is 0 Å². The summed E-state index contributed by atoms with van der Waals surface area (Å²) in [6, 6.07) is 5.46. The Morgan fingerprint density at radius 2 is 2.11 bits per heavy atom. The van der Waals surface area contributed by atoms with Crippen LogP contribution >= 0.6 is 24.0 Å². The molecule has 1 unspecified atom stereocenters. The zero-order valence-electron chi connectivity index (χ0n) is 16.5. The van der Waals surface area contributed by atoms with E-state index in [4.69, 9.17) is 0 Å². The zero-order chi connectivity index (χ0) is 18.9. The van der Waals surface area contributed by atoms with Crippen molar-refractivity contribution in [3.63, 3.8) is 0 Å². The molecule has 152 valence electrons. The van der Waals surface area contributed by atoms with Crippen molar-refractivity contribution in [2.45, 2.75) is 45.7 Å². The van der Waals surface area contributed by atoms with Gasteiger partial charge in [0.15, 0.2) is 5.96 Å². The molecule has 1 atom stereocenters. The van der Waals surface area contributed by atoms with E-state index in [1.165, 1.54) is 0 Å². The summed E-state index contributed by atoms with van der Waals surface area (Å²) < 4.78 is 1.73. The molecule has 1 aliphatic heterocycles. The number of carbonyl (C=O) groups is 1. The van der Waals surface area contributed by atoms with Gasteiger partial charge in [-0.3, -0.25) is 14.6 Å². The number of pyridine rings is 1. The van der Waals surface area contributed by atoms with Gasteiger partial charge in [-0.1, -0.05) is 19.9 Å². The number of hydrogen-bond acceptors (Lipinski definition) is 3. The lowest BCUT2D eigenvalue weighted by Crippen LogP contribution is -2.45. The van der Waals surface area contributed by atoms with Crippen molar-refractivity contribution in [2.24, 2.45) is 10.9 Å². The predicted octanol–water partition coefficient (Wildman–Crippen LogP) is 1.67. The molecule has 0 spiro atoms. The number of amides is 1. The summed E-state index contributed by atoms with van der Waals surface area (Å²) in [6.07, 6.45) is 4.63. The van der Waals surface area contributed by atoms with E-state index in [9.17, 15) is 9.59 Å². The largest absolute Gasteiger partial charge is 0.356 e. The highest BCUT2D eigenvalue weighted by Gasteiger charge is 2.27. The minimum Gasteiger partial charge on any atom is -0.356 e. The average Bonchev–Trinajstić information content (AvgIpc) is 3.09. The van der Waals surface area contributed by atoms with Crippen molar-refractivity contribution in [1.29, 1.82) is 0 Å². The number of carbonyl (C=O) groups excluding carboxylic acids is 1. The van der Waals surface area contributed by atoms with Crippen LogP contribution in [0.25, 0.3) is 0 Å². The number of aliphatic imine (C=N–C) groups is 1. The van der Waals surface area contributed by atoms with Crippen LogP contribution in [0, 0.1) is 5.92 Å². The summed E-state index contributed by atoms with van der Waals surface area (Å²) in [5.41, 5.74) is 0.0414. The molecule has 1 aromatic rings. The molecule has 1 fully saturated rings. The van der Waals surface area contributed by atoms with Crippen LogP contribution in [0.1, 0.15) is 33.1 Å². The van der Waals surface area contributed by atoms with Crippen molar-refractivity contribution in [1.82, 2.24) is 20.1 Å². The summed E-state index contributed by atoms with van der Waals surface area (Å²) in [5, 5.41) is 6.71. The second-order valence-corrected chi connectivity index (χ2v) is 7.01. The maximum absolute atomic E-state index is 12.1. The van der Waals surface area contributed by atoms with Crippen LogP contribution in [0.5, 0.6) is 0 Å². The highest BCUT2D eigenvalue weighted by molar-refractivity contribution is 14.0. The number of rotatable bonds is 7. The Morgan fingerprint density at radius 3 is 2.78 bits per heavy atom. The van der Waals surface area contributed by atoms with Crippen molar-refractivity contribution in [3.8, 4) is 0 Å². The highest BCUT2D eigenvalue weighted by atomic mass is 127. The molecule has 0 bridgehead atoms. The van der Waals surface area contributed by atoms with E-state index in [1.807, 2.05) is 31.0 Å². The first-order valence-corrected chi connectivity index (χ1v) is 9.42. The summed E-state index contributed by atoms with van der Waals surface area (Å²) in [5.74, 6) is 1.03. The topological polar surface area (TPSA) is 78.7 Å². The van der Waals surface area contributed by atoms with Gasteiger partial charge in [-0.05, 0) is 25.3 Å². The standard InChI is InChI=1S/C19H31N5O2.HI/c1-15(2)18(26)24-13-9-16(14-24)22-19(20-3)21-10-5-7-12-23-11-6-4-8-17(23)25;/h4,6,8,11,15-16H,5,7,9-10,12-14H2,1-3H3,(H2,20,21,22);1H. The molecule has 8 heteroatoms. The number of unbranched alkanes of at least 4 members (excludes halogenated alkanes) is 1. The van der Waals surface area contributed by atoms with E-state index in [-0.39, 0.29) is 47.4 Å². The molecule has 2 N–H and O–H groups in total. The van der Waals surface area contributed by atoms with E-state index < -0.39 is 0 Å². The Kier molecular flexibility index (Phi) is 10.4. The predicted molar refractivity (Wildman–Crippen MR) is 120 cm³/mol. The quantitative estimate of drug-likeness (QED) is 0.265. The number of nitrogens with zero attached hydrogens (tertiary/aromatic N) is 3. The molecule has 27 heavy (non-hydrogen) atoms. The molecular formula is C19H32IN5O2. The van der Waals surface area contributed by atoms with Crippen LogP contribution < -0.4 is 16.2 Å². The molecule has 0 radical (unpaired) electrons. The number of aromatic nitrogens is 1. The fraction of sp³-hybridized carbons (Fsp3) is 0.632. The Balaban J connectivity index is 0.00000364. The van der Waals surface area contributed by atoms with Crippen LogP contribution in [0.15, 0.2) is 34.2 Å². The molecule has 1 saturated heterocycles. The number of aryl methyl sites for hydroxylation is 1. The van der Waals surface area contributed by atoms with Gasteiger partial charge in [0.05, 0.1) is 0 Å². The Morgan fingerprint density at radius 1 is 1.33 bits per heavy atom. The smallest absolute Gasteiger partial charge is 0.250 e.